The maximum atomic E-state index is 10.7. The van der Waals surface area contributed by atoms with E-state index in [9.17, 15) is 13.2 Å². The number of alkyl halides is 3. The number of rotatable bonds is 34. The third-order valence-corrected chi connectivity index (χ3v) is 14.3. The van der Waals surface area contributed by atoms with Crippen LogP contribution in [-0.4, -0.2) is 95.2 Å². The van der Waals surface area contributed by atoms with Gasteiger partial charge in [0.1, 0.15) is 0 Å². The van der Waals surface area contributed by atoms with Crippen LogP contribution in [0.1, 0.15) is 194 Å². The third kappa shape index (κ3) is 40.3. The molecule has 510 valence electrons. The van der Waals surface area contributed by atoms with Crippen molar-refractivity contribution in [2.75, 3.05) is 27.2 Å². The molecule has 89 heavy (non-hydrogen) atoms. The second kappa shape index (κ2) is 54.0. The zero-order chi connectivity index (χ0) is 64.4. The van der Waals surface area contributed by atoms with Gasteiger partial charge in [-0.2, -0.15) is 26.5 Å². The summed E-state index contributed by atoms with van der Waals surface area (Å²) in [6.45, 7) is 11.3. The minimum Gasteiger partial charge on any atom is -0.441 e. The van der Waals surface area contributed by atoms with Gasteiger partial charge in [0.05, 0.1) is 22.8 Å². The Morgan fingerprint density at radius 1 is 0.483 bits per heavy atom. The summed E-state index contributed by atoms with van der Waals surface area (Å²) in [6.07, 6.45) is 61.9. The van der Waals surface area contributed by atoms with Crippen LogP contribution in [0.4, 0.5) is 13.2 Å². The Kier molecular flexibility index (Phi) is 50.6. The molecule has 0 amide bonds. The Hall–Kier alpha value is -3.49. The normalized spacial score (nSPS) is 12.2. The van der Waals surface area contributed by atoms with Crippen molar-refractivity contribution in [3.05, 3.63) is 124 Å². The molecule has 17 nitrogen and oxygen atoms in total. The Morgan fingerprint density at radius 2 is 0.708 bits per heavy atom. The summed E-state index contributed by atoms with van der Waals surface area (Å²) in [5.74, 6) is 2.48. The Bertz CT molecular complexity index is 2450. The topological polar surface area (TPSA) is 204 Å². The average Bonchev–Trinajstić information content (AvgIpc) is 4.03. The van der Waals surface area contributed by atoms with Gasteiger partial charge in [0.25, 0.3) is 0 Å². The van der Waals surface area contributed by atoms with Crippen molar-refractivity contribution in [2.24, 2.45) is 0 Å². The first-order valence-electron chi connectivity index (χ1n) is 30.7. The summed E-state index contributed by atoms with van der Waals surface area (Å²) in [4.78, 5) is 50.4. The fourth-order valence-electron chi connectivity index (χ4n) is 9.11. The first-order valence-corrected chi connectivity index (χ1v) is 38.2. The molecule has 0 fully saturated rings. The van der Waals surface area contributed by atoms with Crippen LogP contribution < -0.4 is 19.9 Å². The number of nitrogens with zero attached hydrogens (tertiary/aromatic N) is 14. The molecule has 0 unspecified atom stereocenters. The van der Waals surface area contributed by atoms with E-state index in [1.54, 1.807) is 69.6 Å². The van der Waals surface area contributed by atoms with E-state index < -0.39 is 15.6 Å². The first kappa shape index (κ1) is 83.5. The van der Waals surface area contributed by atoms with Crippen LogP contribution in [0.3, 0.4) is 0 Å². The van der Waals surface area contributed by atoms with Gasteiger partial charge in [0.15, 0.2) is 10.1 Å². The average molecular weight is 1800 g/mol. The molecule has 0 atom stereocenters. The Balaban J connectivity index is 0.000000560. The second-order valence-electron chi connectivity index (χ2n) is 21.1. The van der Waals surface area contributed by atoms with E-state index in [0.717, 1.165) is 22.8 Å². The number of halogens is 5. The summed E-state index contributed by atoms with van der Waals surface area (Å²) >= 11 is 7.26. The van der Waals surface area contributed by atoms with E-state index in [-0.39, 0.29) is 22.4 Å². The van der Waals surface area contributed by atoms with Gasteiger partial charge >= 0.3 is 89.0 Å². The first-order chi connectivity index (χ1) is 42.8. The SMILES string of the molecule is CCCCCCCCCCCCCCCCN1C=CN(C)[CH-]1.CCCCCCCCCCCCCCCCN1C=CN(C)[CH-]1.O=S(=O)([O-])C(F)(F)F.[Au+3].[Br][Ag].[Cl][Au].c1cc(-c2ncc[n-]2)nc(-c2ncc[n-]2)c1.c1cc(-c2ncc[n-]2)nc(-c2ncc[n-]2)c1. The van der Waals surface area contributed by atoms with Gasteiger partial charge in [-0.3, -0.25) is 0 Å². The van der Waals surface area contributed by atoms with Crippen LogP contribution in [0.2, 0.25) is 0 Å². The van der Waals surface area contributed by atoms with Gasteiger partial charge in [-0.05, 0) is 112 Å². The molecule has 6 aromatic rings. The molecular formula is C63H92AgAu2BrClF3N14O3S-4. The quantitative estimate of drug-likeness (QED) is 0.0121. The summed E-state index contributed by atoms with van der Waals surface area (Å²) in [5.41, 5.74) is -2.73. The summed E-state index contributed by atoms with van der Waals surface area (Å²) in [5, 5.41) is 0. The molecule has 2 aliphatic heterocycles. The molecule has 0 saturated heterocycles. The number of unbranched alkanes of at least 4 members (excludes halogenated alkanes) is 26. The number of imidazole rings is 4. The van der Waals surface area contributed by atoms with Gasteiger partial charge in [-0.25, -0.2) is 18.4 Å². The van der Waals surface area contributed by atoms with E-state index in [2.05, 4.69) is 177 Å². The number of pyridine rings is 2. The van der Waals surface area contributed by atoms with E-state index >= 15 is 0 Å². The molecule has 2 aliphatic rings. The van der Waals surface area contributed by atoms with Gasteiger partial charge in [-0.15, -0.1) is 0 Å². The second-order valence-corrected chi connectivity index (χ2v) is 22.4. The van der Waals surface area contributed by atoms with Crippen molar-refractivity contribution >= 4 is 32.3 Å². The van der Waals surface area contributed by atoms with Gasteiger partial charge in [0.2, 0.25) is 0 Å². The van der Waals surface area contributed by atoms with E-state index in [1.165, 1.54) is 193 Å². The zero-order valence-corrected chi connectivity index (χ0v) is 60.9. The van der Waals surface area contributed by atoms with Crippen LogP contribution in [0.5, 0.6) is 0 Å². The molecule has 8 rings (SSSR count). The maximum absolute atomic E-state index is 10.7. The van der Waals surface area contributed by atoms with Crippen LogP contribution in [0, 0.1) is 13.3 Å². The Morgan fingerprint density at radius 3 is 0.888 bits per heavy atom. The predicted octanol–water partition coefficient (Wildman–Crippen LogP) is 16.4. The van der Waals surface area contributed by atoms with Gasteiger partial charge in [-0.1, -0.05) is 242 Å². The van der Waals surface area contributed by atoms with E-state index in [1.807, 2.05) is 36.4 Å². The molecule has 0 bridgehead atoms. The van der Waals surface area contributed by atoms with Crippen LogP contribution >= 0.6 is 22.2 Å². The van der Waals surface area contributed by atoms with Gasteiger partial charge < -0.3 is 64.0 Å². The van der Waals surface area contributed by atoms with E-state index in [4.69, 9.17) is 13.0 Å². The number of hydrogen-bond donors (Lipinski definition) is 0. The molecule has 0 saturated carbocycles. The van der Waals surface area contributed by atoms with Crippen molar-refractivity contribution < 1.29 is 87.4 Å². The predicted molar refractivity (Wildman–Crippen MR) is 342 cm³/mol. The van der Waals surface area contributed by atoms with Crippen molar-refractivity contribution in [1.82, 2.24) is 69.4 Å². The largest absolute Gasteiger partial charge is 0.441 e. The molecule has 0 spiro atoms. The molecule has 0 aromatic carbocycles. The molecule has 8 heterocycles. The van der Waals surface area contributed by atoms with Crippen molar-refractivity contribution in [3.63, 3.8) is 0 Å². The fraction of sp³-hybridized carbons (Fsp3) is 0.556. The van der Waals surface area contributed by atoms with E-state index in [0.29, 0.717) is 23.3 Å². The molecular weight excluding hydrogens is 1710 g/mol. The molecule has 0 radical (unpaired) electrons. The molecule has 0 N–H and O–H groups in total. The van der Waals surface area contributed by atoms with Gasteiger partial charge in [0, 0.05) is 0 Å². The van der Waals surface area contributed by atoms with Crippen molar-refractivity contribution in [3.8, 4) is 46.1 Å². The van der Waals surface area contributed by atoms with Crippen molar-refractivity contribution in [2.45, 2.75) is 199 Å². The zero-order valence-electron chi connectivity index (χ0n) is 51.9. The van der Waals surface area contributed by atoms with Crippen LogP contribution in [0.15, 0.2) is 111 Å². The summed E-state index contributed by atoms with van der Waals surface area (Å²) in [7, 11) is 2.66. The smallest absolute Gasteiger partial charge is 0.0627 e. The van der Waals surface area contributed by atoms with Crippen LogP contribution in [-0.2, 0) is 71.4 Å². The van der Waals surface area contributed by atoms with Crippen LogP contribution in [0.25, 0.3) is 46.1 Å². The van der Waals surface area contributed by atoms with Crippen molar-refractivity contribution in [1.29, 1.82) is 0 Å². The fourth-order valence-corrected chi connectivity index (χ4v) is 9.11. The molecule has 0 aliphatic carbocycles. The molecule has 6 aromatic heterocycles. The minimum atomic E-state index is -6.09. The molecule has 26 heteroatoms. The minimum absolute atomic E-state index is 0. The summed E-state index contributed by atoms with van der Waals surface area (Å²) < 4.78 is 58.9. The summed E-state index contributed by atoms with van der Waals surface area (Å²) in [6, 6.07) is 11.2. The number of aromatic nitrogens is 10. The maximum Gasteiger partial charge on any atom is 0.0627 e. The Labute approximate surface area is 580 Å². The number of hydrogen-bond acceptors (Lipinski definition) is 13. The standard InChI is InChI=1S/2C20H39N2.2C11H7N5.CHF3O3S.Ag.2Au.BrH.ClH/c2*1-3-4-5-6-7-8-9-10-11-12-13-14-15-16-17-22-19-18-21(2)20-22;2*1-2-8(10-12-4-5-13-10)16-9(3-1)11-14-6-7-15-11;2-1(3,4)8(5,6)7;;;;;/h2*18-20H,3-17H2,1-2H3;2*1-7H;(H,5,6,7);;;;2*1H/q2*-1;2*-2;;2*+1;+3;;/p-3. The third-order valence-electron chi connectivity index (χ3n) is 13.7. The monoisotopic (exact) mass is 1800 g/mol.